The Bertz CT molecular complexity index is 208. The Morgan fingerprint density at radius 3 is 3.27 bits per heavy atom. The molecule has 2 rings (SSSR count). The van der Waals surface area contributed by atoms with E-state index in [2.05, 4.69) is 20.8 Å². The first-order chi connectivity index (χ1) is 5.47. The van der Waals surface area contributed by atoms with Crippen molar-refractivity contribution in [3.63, 3.8) is 0 Å². The molecule has 0 saturated carbocycles. The van der Waals surface area contributed by atoms with Crippen molar-refractivity contribution in [3.8, 4) is 0 Å². The van der Waals surface area contributed by atoms with Crippen LogP contribution in [-0.4, -0.2) is 26.8 Å². The Hall–Kier alpha value is -1.13. The van der Waals surface area contributed by atoms with Gasteiger partial charge in [0.2, 0.25) is 5.95 Å². The van der Waals surface area contributed by atoms with Gasteiger partial charge in [0.1, 0.15) is 0 Å². The van der Waals surface area contributed by atoms with Gasteiger partial charge in [0.15, 0.2) is 0 Å². The number of aryl methyl sites for hydroxylation is 1. The second-order valence-electron chi connectivity index (χ2n) is 2.71. The summed E-state index contributed by atoms with van der Waals surface area (Å²) in [6, 6.07) is 0. The zero-order chi connectivity index (χ0) is 7.52. The predicted octanol–water partition coefficient (Wildman–Crippen LogP) is 0.269. The van der Waals surface area contributed by atoms with E-state index in [1.807, 2.05) is 4.68 Å². The third-order valence-corrected chi connectivity index (χ3v) is 1.86. The number of anilines is 1. The average molecular weight is 153 g/mol. The van der Waals surface area contributed by atoms with Crippen LogP contribution >= 0.6 is 0 Å². The molecule has 11 heavy (non-hydrogen) atoms. The van der Waals surface area contributed by atoms with Gasteiger partial charge >= 0.3 is 0 Å². The van der Waals surface area contributed by atoms with Gasteiger partial charge in [-0.3, -0.25) is 0 Å². The molecule has 0 aliphatic carbocycles. The molecule has 1 aromatic heterocycles. The van der Waals surface area contributed by atoms with Crippen LogP contribution < -0.4 is 5.32 Å². The molecule has 5 heteroatoms. The highest BCUT2D eigenvalue weighted by molar-refractivity contribution is 5.21. The predicted molar refractivity (Wildman–Crippen MR) is 40.2 cm³/mol. The maximum absolute atomic E-state index is 3.85. The fraction of sp³-hybridized carbons (Fsp3) is 0.833. The van der Waals surface area contributed by atoms with Gasteiger partial charge < -0.3 is 5.32 Å². The molecular formula is C6H11N5. The smallest absolute Gasteiger partial charge is 0.242 e. The number of tetrazole rings is 1. The molecule has 0 bridgehead atoms. The lowest BCUT2D eigenvalue weighted by Gasteiger charge is -2.10. The lowest BCUT2D eigenvalue weighted by molar-refractivity contribution is 0.524. The number of aromatic nitrogens is 4. The van der Waals surface area contributed by atoms with Gasteiger partial charge in [0, 0.05) is 13.1 Å². The SMILES string of the molecule is C1CCNc2nnnn2CC1. The van der Waals surface area contributed by atoms with Crippen molar-refractivity contribution in [2.24, 2.45) is 0 Å². The van der Waals surface area contributed by atoms with E-state index in [1.54, 1.807) is 0 Å². The number of rotatable bonds is 0. The van der Waals surface area contributed by atoms with Gasteiger partial charge in [0.25, 0.3) is 0 Å². The maximum Gasteiger partial charge on any atom is 0.242 e. The molecule has 0 aromatic carbocycles. The van der Waals surface area contributed by atoms with Crippen molar-refractivity contribution < 1.29 is 0 Å². The molecule has 2 heterocycles. The summed E-state index contributed by atoms with van der Waals surface area (Å²) in [5, 5.41) is 14.5. The summed E-state index contributed by atoms with van der Waals surface area (Å²) in [6.45, 7) is 1.93. The fourth-order valence-corrected chi connectivity index (χ4v) is 1.25. The van der Waals surface area contributed by atoms with E-state index in [0.717, 1.165) is 19.0 Å². The van der Waals surface area contributed by atoms with E-state index >= 15 is 0 Å². The largest absolute Gasteiger partial charge is 0.353 e. The molecular weight excluding hydrogens is 142 g/mol. The number of hydrogen-bond acceptors (Lipinski definition) is 4. The van der Waals surface area contributed by atoms with Crippen molar-refractivity contribution in [1.29, 1.82) is 0 Å². The van der Waals surface area contributed by atoms with Crippen molar-refractivity contribution >= 4 is 5.95 Å². The van der Waals surface area contributed by atoms with Gasteiger partial charge in [-0.1, -0.05) is 5.10 Å². The molecule has 1 N–H and O–H groups in total. The highest BCUT2D eigenvalue weighted by Crippen LogP contribution is 2.07. The van der Waals surface area contributed by atoms with Crippen LogP contribution in [-0.2, 0) is 6.54 Å². The first-order valence-electron chi connectivity index (χ1n) is 3.97. The Balaban J connectivity index is 2.18. The van der Waals surface area contributed by atoms with Gasteiger partial charge in [-0.2, -0.15) is 0 Å². The summed E-state index contributed by atoms with van der Waals surface area (Å²) in [5.41, 5.74) is 0. The van der Waals surface area contributed by atoms with Crippen LogP contribution in [0.4, 0.5) is 5.95 Å². The van der Waals surface area contributed by atoms with Crippen molar-refractivity contribution in [2.75, 3.05) is 11.9 Å². The molecule has 60 valence electrons. The summed E-state index contributed by atoms with van der Waals surface area (Å²) in [5.74, 6) is 0.810. The normalized spacial score (nSPS) is 17.8. The van der Waals surface area contributed by atoms with Crippen molar-refractivity contribution in [3.05, 3.63) is 0 Å². The van der Waals surface area contributed by atoms with E-state index in [4.69, 9.17) is 0 Å². The molecule has 0 atom stereocenters. The molecule has 1 aliphatic rings. The van der Waals surface area contributed by atoms with Gasteiger partial charge in [-0.05, 0) is 29.7 Å². The Labute approximate surface area is 64.8 Å². The van der Waals surface area contributed by atoms with E-state index < -0.39 is 0 Å². The first kappa shape index (κ1) is 6.57. The molecule has 0 unspecified atom stereocenters. The molecule has 0 saturated heterocycles. The van der Waals surface area contributed by atoms with Gasteiger partial charge in [0.05, 0.1) is 0 Å². The number of nitrogens with zero attached hydrogens (tertiary/aromatic N) is 4. The molecule has 0 radical (unpaired) electrons. The quantitative estimate of drug-likeness (QED) is 0.581. The summed E-state index contributed by atoms with van der Waals surface area (Å²) >= 11 is 0. The van der Waals surface area contributed by atoms with Gasteiger partial charge in [-0.15, -0.1) is 0 Å². The zero-order valence-electron chi connectivity index (χ0n) is 6.32. The minimum Gasteiger partial charge on any atom is -0.353 e. The molecule has 1 aromatic rings. The lowest BCUT2D eigenvalue weighted by Crippen LogP contribution is -2.13. The van der Waals surface area contributed by atoms with Crippen LogP contribution in [0.2, 0.25) is 0 Å². The molecule has 0 amide bonds. The number of hydrogen-bond donors (Lipinski definition) is 1. The fourth-order valence-electron chi connectivity index (χ4n) is 1.25. The molecule has 0 spiro atoms. The standard InChI is InChI=1S/C6H11N5/c1-2-4-7-6-8-9-10-11(6)5-3-1/h1-5H2,(H,7,8,10). The lowest BCUT2D eigenvalue weighted by atomic mass is 10.2. The molecule has 0 fully saturated rings. The van der Waals surface area contributed by atoms with Crippen molar-refractivity contribution in [1.82, 2.24) is 20.2 Å². The topological polar surface area (TPSA) is 55.6 Å². The third-order valence-electron chi connectivity index (χ3n) is 1.86. The number of nitrogens with one attached hydrogen (secondary N) is 1. The van der Waals surface area contributed by atoms with Crippen LogP contribution in [0, 0.1) is 0 Å². The van der Waals surface area contributed by atoms with Gasteiger partial charge in [-0.25, -0.2) is 4.68 Å². The van der Waals surface area contributed by atoms with Crippen molar-refractivity contribution in [2.45, 2.75) is 25.8 Å². The number of fused-ring (bicyclic) bond motifs is 1. The minimum absolute atomic E-state index is 0.810. The van der Waals surface area contributed by atoms with E-state index in [-0.39, 0.29) is 0 Å². The summed E-state index contributed by atoms with van der Waals surface area (Å²) in [6.07, 6.45) is 3.65. The Kier molecular flexibility index (Phi) is 1.71. The van der Waals surface area contributed by atoms with E-state index in [1.165, 1.54) is 19.3 Å². The van der Waals surface area contributed by atoms with Crippen LogP contribution in [0.5, 0.6) is 0 Å². The second-order valence-corrected chi connectivity index (χ2v) is 2.71. The highest BCUT2D eigenvalue weighted by Gasteiger charge is 2.06. The van der Waals surface area contributed by atoms with Crippen LogP contribution in [0.15, 0.2) is 0 Å². The third kappa shape index (κ3) is 1.31. The summed E-state index contributed by atoms with van der Waals surface area (Å²) in [4.78, 5) is 0. The Morgan fingerprint density at radius 2 is 2.27 bits per heavy atom. The van der Waals surface area contributed by atoms with Crippen LogP contribution in [0.3, 0.4) is 0 Å². The zero-order valence-corrected chi connectivity index (χ0v) is 6.32. The monoisotopic (exact) mass is 153 g/mol. The summed E-state index contributed by atoms with van der Waals surface area (Å²) < 4.78 is 1.82. The van der Waals surface area contributed by atoms with Crippen LogP contribution in [0.25, 0.3) is 0 Å². The maximum atomic E-state index is 3.85. The summed E-state index contributed by atoms with van der Waals surface area (Å²) in [7, 11) is 0. The highest BCUT2D eigenvalue weighted by atomic mass is 15.6. The minimum atomic E-state index is 0.810. The average Bonchev–Trinajstić information content (AvgIpc) is 2.35. The second kappa shape index (κ2) is 2.86. The first-order valence-corrected chi connectivity index (χ1v) is 3.97. The van der Waals surface area contributed by atoms with Crippen LogP contribution in [0.1, 0.15) is 19.3 Å². The molecule has 1 aliphatic heterocycles. The van der Waals surface area contributed by atoms with E-state index in [0.29, 0.717) is 0 Å². The Morgan fingerprint density at radius 1 is 1.27 bits per heavy atom. The molecule has 5 nitrogen and oxygen atoms in total. The van der Waals surface area contributed by atoms with E-state index in [9.17, 15) is 0 Å².